The van der Waals surface area contributed by atoms with E-state index in [0.29, 0.717) is 6.42 Å². The van der Waals surface area contributed by atoms with Gasteiger partial charge in [0.2, 0.25) is 5.91 Å². The van der Waals surface area contributed by atoms with Crippen LogP contribution in [-0.2, 0) is 11.3 Å². The summed E-state index contributed by atoms with van der Waals surface area (Å²) in [4.78, 5) is 13.7. The number of rotatable bonds is 4. The number of benzene rings is 1. The lowest BCUT2D eigenvalue weighted by atomic mass is 10.1. The van der Waals surface area contributed by atoms with Gasteiger partial charge in [-0.3, -0.25) is 4.79 Å². The van der Waals surface area contributed by atoms with E-state index in [4.69, 9.17) is 0 Å². The van der Waals surface area contributed by atoms with Gasteiger partial charge in [-0.05, 0) is 25.1 Å². The molecule has 1 aliphatic heterocycles. The molecule has 0 aliphatic carbocycles. The van der Waals surface area contributed by atoms with Crippen LogP contribution >= 0.6 is 0 Å². The van der Waals surface area contributed by atoms with Gasteiger partial charge in [0.15, 0.2) is 0 Å². The van der Waals surface area contributed by atoms with Crippen molar-refractivity contribution in [1.29, 1.82) is 0 Å². The summed E-state index contributed by atoms with van der Waals surface area (Å²) in [5, 5.41) is 6.31. The van der Waals surface area contributed by atoms with Gasteiger partial charge in [0.1, 0.15) is 0 Å². The Balaban J connectivity index is 2.19. The maximum absolute atomic E-state index is 11.4. The SMILES string of the molecule is CCNCc1cc(C)ccc1N1CCNC(=O)CC1. The zero-order valence-corrected chi connectivity index (χ0v) is 11.8. The van der Waals surface area contributed by atoms with E-state index in [-0.39, 0.29) is 5.91 Å². The van der Waals surface area contributed by atoms with Gasteiger partial charge < -0.3 is 15.5 Å². The minimum absolute atomic E-state index is 0.155. The molecule has 0 unspecified atom stereocenters. The summed E-state index contributed by atoms with van der Waals surface area (Å²) in [5.74, 6) is 0.155. The lowest BCUT2D eigenvalue weighted by Crippen LogP contribution is -2.29. The van der Waals surface area contributed by atoms with Crippen LogP contribution in [0.25, 0.3) is 0 Å². The summed E-state index contributed by atoms with van der Waals surface area (Å²) in [6, 6.07) is 6.56. The zero-order valence-electron chi connectivity index (χ0n) is 11.8. The third-order valence-electron chi connectivity index (χ3n) is 3.45. The third-order valence-corrected chi connectivity index (χ3v) is 3.45. The number of amides is 1. The molecule has 0 saturated carbocycles. The van der Waals surface area contributed by atoms with Crippen molar-refractivity contribution in [1.82, 2.24) is 10.6 Å². The minimum atomic E-state index is 0.155. The molecule has 0 radical (unpaired) electrons. The molecule has 1 heterocycles. The van der Waals surface area contributed by atoms with Crippen LogP contribution in [-0.4, -0.2) is 32.1 Å². The molecule has 0 aromatic heterocycles. The topological polar surface area (TPSA) is 44.4 Å². The Labute approximate surface area is 115 Å². The Morgan fingerprint density at radius 3 is 3.00 bits per heavy atom. The number of hydrogen-bond donors (Lipinski definition) is 2. The van der Waals surface area contributed by atoms with Crippen LogP contribution in [0.4, 0.5) is 5.69 Å². The molecule has 4 heteroatoms. The molecule has 0 atom stereocenters. The van der Waals surface area contributed by atoms with Crippen LogP contribution < -0.4 is 15.5 Å². The van der Waals surface area contributed by atoms with E-state index in [1.165, 1.54) is 16.8 Å². The fourth-order valence-corrected chi connectivity index (χ4v) is 2.43. The molecule has 1 fully saturated rings. The Kier molecular flexibility index (Phi) is 4.80. The molecule has 1 aliphatic rings. The number of nitrogens with one attached hydrogen (secondary N) is 2. The van der Waals surface area contributed by atoms with Crippen LogP contribution in [0, 0.1) is 6.92 Å². The number of hydrogen-bond acceptors (Lipinski definition) is 3. The molecule has 1 aromatic carbocycles. The monoisotopic (exact) mass is 261 g/mol. The minimum Gasteiger partial charge on any atom is -0.369 e. The average molecular weight is 261 g/mol. The molecule has 1 amide bonds. The van der Waals surface area contributed by atoms with Gasteiger partial charge in [-0.15, -0.1) is 0 Å². The van der Waals surface area contributed by atoms with Gasteiger partial charge in [-0.25, -0.2) is 0 Å². The van der Waals surface area contributed by atoms with Crippen molar-refractivity contribution < 1.29 is 4.79 Å². The molecule has 0 spiro atoms. The van der Waals surface area contributed by atoms with E-state index in [0.717, 1.165) is 32.7 Å². The van der Waals surface area contributed by atoms with E-state index < -0.39 is 0 Å². The second-order valence-corrected chi connectivity index (χ2v) is 5.00. The third kappa shape index (κ3) is 3.70. The van der Waals surface area contributed by atoms with Crippen molar-refractivity contribution >= 4 is 11.6 Å². The summed E-state index contributed by atoms with van der Waals surface area (Å²) in [6.45, 7) is 8.49. The van der Waals surface area contributed by atoms with Crippen molar-refractivity contribution in [3.8, 4) is 0 Å². The molecule has 104 valence electrons. The van der Waals surface area contributed by atoms with Crippen LogP contribution in [0.2, 0.25) is 0 Å². The number of anilines is 1. The first-order chi connectivity index (χ1) is 9.20. The number of carbonyl (C=O) groups is 1. The highest BCUT2D eigenvalue weighted by Gasteiger charge is 2.16. The van der Waals surface area contributed by atoms with Gasteiger partial charge in [0.05, 0.1) is 0 Å². The molecular weight excluding hydrogens is 238 g/mol. The van der Waals surface area contributed by atoms with Gasteiger partial charge in [0.25, 0.3) is 0 Å². The molecule has 19 heavy (non-hydrogen) atoms. The standard InChI is InChI=1S/C15H23N3O/c1-3-16-11-13-10-12(2)4-5-14(13)18-8-6-15(19)17-7-9-18/h4-5,10,16H,3,6-9,11H2,1-2H3,(H,17,19). The summed E-state index contributed by atoms with van der Waals surface area (Å²) >= 11 is 0. The predicted molar refractivity (Wildman–Crippen MR) is 78.4 cm³/mol. The van der Waals surface area contributed by atoms with Gasteiger partial charge in [0, 0.05) is 38.3 Å². The maximum Gasteiger partial charge on any atom is 0.221 e. The van der Waals surface area contributed by atoms with E-state index in [1.54, 1.807) is 0 Å². The lowest BCUT2D eigenvalue weighted by molar-refractivity contribution is -0.120. The maximum atomic E-state index is 11.4. The van der Waals surface area contributed by atoms with Crippen molar-refractivity contribution in [2.45, 2.75) is 26.8 Å². The Morgan fingerprint density at radius 1 is 1.37 bits per heavy atom. The first-order valence-corrected chi connectivity index (χ1v) is 7.02. The zero-order chi connectivity index (χ0) is 13.7. The Bertz CT molecular complexity index is 445. The number of nitrogens with zero attached hydrogens (tertiary/aromatic N) is 1. The van der Waals surface area contributed by atoms with E-state index in [2.05, 4.69) is 47.6 Å². The van der Waals surface area contributed by atoms with Crippen LogP contribution in [0.3, 0.4) is 0 Å². The smallest absolute Gasteiger partial charge is 0.221 e. The van der Waals surface area contributed by atoms with E-state index >= 15 is 0 Å². The fraction of sp³-hybridized carbons (Fsp3) is 0.533. The average Bonchev–Trinajstić information content (AvgIpc) is 2.61. The first kappa shape index (κ1) is 13.9. The highest BCUT2D eigenvalue weighted by atomic mass is 16.1. The molecule has 4 nitrogen and oxygen atoms in total. The highest BCUT2D eigenvalue weighted by Crippen LogP contribution is 2.22. The van der Waals surface area contributed by atoms with Crippen molar-refractivity contribution in [2.75, 3.05) is 31.1 Å². The second kappa shape index (κ2) is 6.57. The molecule has 2 rings (SSSR count). The van der Waals surface area contributed by atoms with Crippen molar-refractivity contribution in [3.63, 3.8) is 0 Å². The molecular formula is C15H23N3O. The van der Waals surface area contributed by atoms with Gasteiger partial charge in [-0.1, -0.05) is 24.6 Å². The summed E-state index contributed by atoms with van der Waals surface area (Å²) in [5.41, 5.74) is 3.85. The summed E-state index contributed by atoms with van der Waals surface area (Å²) < 4.78 is 0. The predicted octanol–water partition coefficient (Wildman–Crippen LogP) is 1.43. The number of aryl methyl sites for hydroxylation is 1. The lowest BCUT2D eigenvalue weighted by Gasteiger charge is -2.25. The quantitative estimate of drug-likeness (QED) is 0.862. The van der Waals surface area contributed by atoms with Crippen molar-refractivity contribution in [2.24, 2.45) is 0 Å². The van der Waals surface area contributed by atoms with E-state index in [9.17, 15) is 4.79 Å². The molecule has 1 saturated heterocycles. The summed E-state index contributed by atoms with van der Waals surface area (Å²) in [6.07, 6.45) is 0.578. The van der Waals surface area contributed by atoms with E-state index in [1.807, 2.05) is 0 Å². The largest absolute Gasteiger partial charge is 0.369 e. The molecule has 2 N–H and O–H groups in total. The first-order valence-electron chi connectivity index (χ1n) is 7.02. The second-order valence-electron chi connectivity index (χ2n) is 5.00. The normalized spacial score (nSPS) is 16.1. The van der Waals surface area contributed by atoms with Gasteiger partial charge >= 0.3 is 0 Å². The Morgan fingerprint density at radius 2 is 2.21 bits per heavy atom. The van der Waals surface area contributed by atoms with Crippen LogP contribution in [0.5, 0.6) is 0 Å². The summed E-state index contributed by atoms with van der Waals surface area (Å²) in [7, 11) is 0. The highest BCUT2D eigenvalue weighted by molar-refractivity contribution is 5.77. The molecule has 0 bridgehead atoms. The number of carbonyl (C=O) groups excluding carboxylic acids is 1. The van der Waals surface area contributed by atoms with Crippen molar-refractivity contribution in [3.05, 3.63) is 29.3 Å². The van der Waals surface area contributed by atoms with Crippen LogP contribution in [0.1, 0.15) is 24.5 Å². The fourth-order valence-electron chi connectivity index (χ4n) is 2.43. The molecule has 1 aromatic rings. The van der Waals surface area contributed by atoms with Crippen LogP contribution in [0.15, 0.2) is 18.2 Å². The Hall–Kier alpha value is -1.55. The van der Waals surface area contributed by atoms with Gasteiger partial charge in [-0.2, -0.15) is 0 Å².